The summed E-state index contributed by atoms with van der Waals surface area (Å²) < 4.78 is 10.4. The molecule has 1 aromatic heterocycles. The van der Waals surface area contributed by atoms with Gasteiger partial charge in [-0.2, -0.15) is 0 Å². The Morgan fingerprint density at radius 2 is 2.00 bits per heavy atom. The Morgan fingerprint density at radius 1 is 1.17 bits per heavy atom. The van der Waals surface area contributed by atoms with E-state index in [-0.39, 0.29) is 0 Å². The number of hydrogen-bond acceptors (Lipinski definition) is 4. The molecular formula is C18H16ClNO3. The van der Waals surface area contributed by atoms with E-state index in [0.29, 0.717) is 22.9 Å². The molecule has 0 radical (unpaired) electrons. The summed E-state index contributed by atoms with van der Waals surface area (Å²) in [6.45, 7) is 2.45. The highest BCUT2D eigenvalue weighted by Crippen LogP contribution is 2.26. The predicted octanol–water partition coefficient (Wildman–Crippen LogP) is 4.38. The molecule has 0 fully saturated rings. The molecule has 0 aliphatic rings. The second-order valence-electron chi connectivity index (χ2n) is 5.29. The first-order valence-corrected chi connectivity index (χ1v) is 7.55. The second kappa shape index (κ2) is 6.34. The molecule has 1 heterocycles. The number of rotatable bonds is 4. The second-order valence-corrected chi connectivity index (χ2v) is 5.70. The minimum absolute atomic E-state index is 0.391. The van der Waals surface area contributed by atoms with Gasteiger partial charge in [0.25, 0.3) is 0 Å². The van der Waals surface area contributed by atoms with Crippen molar-refractivity contribution in [3.8, 4) is 5.75 Å². The lowest BCUT2D eigenvalue weighted by molar-refractivity contribution is 0.414. The van der Waals surface area contributed by atoms with Crippen LogP contribution in [0.2, 0.25) is 5.02 Å². The van der Waals surface area contributed by atoms with E-state index in [4.69, 9.17) is 20.8 Å². The molecule has 5 heteroatoms. The van der Waals surface area contributed by atoms with Gasteiger partial charge < -0.3 is 14.5 Å². The van der Waals surface area contributed by atoms with Crippen molar-refractivity contribution in [2.45, 2.75) is 13.5 Å². The Bertz CT molecular complexity index is 918. The SMILES string of the molecule is COc1ccc2c(CNc3ccc(C)cc3Cl)cc(=O)oc2c1. The number of anilines is 1. The number of ether oxygens (including phenoxy) is 1. The molecule has 0 saturated heterocycles. The lowest BCUT2D eigenvalue weighted by Crippen LogP contribution is -2.06. The molecular weight excluding hydrogens is 314 g/mol. The zero-order valence-electron chi connectivity index (χ0n) is 12.9. The van der Waals surface area contributed by atoms with Gasteiger partial charge in [0.15, 0.2) is 0 Å². The van der Waals surface area contributed by atoms with E-state index in [1.165, 1.54) is 6.07 Å². The molecule has 4 nitrogen and oxygen atoms in total. The van der Waals surface area contributed by atoms with Crippen LogP contribution in [0.25, 0.3) is 11.0 Å². The molecule has 0 spiro atoms. The van der Waals surface area contributed by atoms with E-state index in [0.717, 1.165) is 22.2 Å². The van der Waals surface area contributed by atoms with E-state index < -0.39 is 5.63 Å². The summed E-state index contributed by atoms with van der Waals surface area (Å²) >= 11 is 6.23. The maximum Gasteiger partial charge on any atom is 0.336 e. The lowest BCUT2D eigenvalue weighted by Gasteiger charge is -2.11. The number of fused-ring (bicyclic) bond motifs is 1. The highest BCUT2D eigenvalue weighted by Gasteiger charge is 2.08. The summed E-state index contributed by atoms with van der Waals surface area (Å²) in [5, 5.41) is 4.77. The maximum atomic E-state index is 11.8. The first-order chi connectivity index (χ1) is 11.1. The fourth-order valence-electron chi connectivity index (χ4n) is 2.44. The molecule has 3 rings (SSSR count). The zero-order valence-corrected chi connectivity index (χ0v) is 13.6. The Hall–Kier alpha value is -2.46. The minimum Gasteiger partial charge on any atom is -0.497 e. The van der Waals surface area contributed by atoms with Gasteiger partial charge in [-0.25, -0.2) is 4.79 Å². The Morgan fingerprint density at radius 3 is 2.74 bits per heavy atom. The highest BCUT2D eigenvalue weighted by atomic mass is 35.5. The average molecular weight is 330 g/mol. The van der Waals surface area contributed by atoms with E-state index >= 15 is 0 Å². The average Bonchev–Trinajstić information content (AvgIpc) is 2.53. The molecule has 2 aromatic carbocycles. The third-order valence-corrected chi connectivity index (χ3v) is 3.94. The monoisotopic (exact) mass is 329 g/mol. The fraction of sp³-hybridized carbons (Fsp3) is 0.167. The molecule has 0 aliphatic carbocycles. The summed E-state index contributed by atoms with van der Waals surface area (Å²) in [4.78, 5) is 11.8. The van der Waals surface area contributed by atoms with Crippen molar-refractivity contribution in [3.05, 3.63) is 69.0 Å². The van der Waals surface area contributed by atoms with Gasteiger partial charge in [0, 0.05) is 24.1 Å². The van der Waals surface area contributed by atoms with Crippen molar-refractivity contribution in [1.82, 2.24) is 0 Å². The molecule has 0 unspecified atom stereocenters. The maximum absolute atomic E-state index is 11.8. The smallest absolute Gasteiger partial charge is 0.336 e. The van der Waals surface area contributed by atoms with Crippen molar-refractivity contribution < 1.29 is 9.15 Å². The van der Waals surface area contributed by atoms with Crippen LogP contribution in [0.3, 0.4) is 0 Å². The molecule has 118 valence electrons. The largest absolute Gasteiger partial charge is 0.497 e. The van der Waals surface area contributed by atoms with Crippen LogP contribution in [0.15, 0.2) is 51.7 Å². The van der Waals surface area contributed by atoms with Crippen LogP contribution < -0.4 is 15.7 Å². The standard InChI is InChI=1S/C18H16ClNO3/c1-11-3-6-16(15(19)7-11)20-10-12-8-18(21)23-17-9-13(22-2)4-5-14(12)17/h3-9,20H,10H2,1-2H3. The van der Waals surface area contributed by atoms with Gasteiger partial charge in [0.1, 0.15) is 11.3 Å². The molecule has 0 atom stereocenters. The van der Waals surface area contributed by atoms with Gasteiger partial charge in [0.05, 0.1) is 17.8 Å². The third kappa shape index (κ3) is 3.32. The van der Waals surface area contributed by atoms with Gasteiger partial charge in [-0.15, -0.1) is 0 Å². The zero-order chi connectivity index (χ0) is 16.4. The number of benzene rings is 2. The van der Waals surface area contributed by atoms with E-state index in [1.807, 2.05) is 37.3 Å². The first-order valence-electron chi connectivity index (χ1n) is 7.17. The Kier molecular flexibility index (Phi) is 4.26. The molecule has 0 saturated carbocycles. The molecule has 23 heavy (non-hydrogen) atoms. The quantitative estimate of drug-likeness (QED) is 0.722. The van der Waals surface area contributed by atoms with Crippen LogP contribution in [0.4, 0.5) is 5.69 Å². The summed E-state index contributed by atoms with van der Waals surface area (Å²) in [7, 11) is 1.57. The van der Waals surface area contributed by atoms with Crippen molar-refractivity contribution >= 4 is 28.3 Å². The summed E-state index contributed by atoms with van der Waals surface area (Å²) in [5.74, 6) is 0.646. The minimum atomic E-state index is -0.391. The van der Waals surface area contributed by atoms with Crippen molar-refractivity contribution in [2.75, 3.05) is 12.4 Å². The van der Waals surface area contributed by atoms with Crippen LogP contribution >= 0.6 is 11.6 Å². The normalized spacial score (nSPS) is 10.7. The predicted molar refractivity (Wildman–Crippen MR) is 92.6 cm³/mol. The molecule has 1 N–H and O–H groups in total. The topological polar surface area (TPSA) is 51.5 Å². The molecule has 3 aromatic rings. The lowest BCUT2D eigenvalue weighted by atomic mass is 10.1. The van der Waals surface area contributed by atoms with Gasteiger partial charge in [-0.1, -0.05) is 17.7 Å². The van der Waals surface area contributed by atoms with Gasteiger partial charge in [-0.05, 0) is 42.3 Å². The third-order valence-electron chi connectivity index (χ3n) is 3.63. The van der Waals surface area contributed by atoms with Crippen LogP contribution in [0, 0.1) is 6.92 Å². The number of methoxy groups -OCH3 is 1. The summed E-state index contributed by atoms with van der Waals surface area (Å²) in [6.07, 6.45) is 0. The Balaban J connectivity index is 1.94. The molecule has 0 amide bonds. The number of aryl methyl sites for hydroxylation is 1. The Labute approximate surface area is 138 Å². The number of hydrogen-bond donors (Lipinski definition) is 1. The number of halogens is 1. The molecule has 0 aliphatic heterocycles. The van der Waals surface area contributed by atoms with Crippen LogP contribution in [-0.2, 0) is 6.54 Å². The van der Waals surface area contributed by atoms with Gasteiger partial charge in [-0.3, -0.25) is 0 Å². The highest BCUT2D eigenvalue weighted by molar-refractivity contribution is 6.33. The van der Waals surface area contributed by atoms with Crippen molar-refractivity contribution in [1.29, 1.82) is 0 Å². The first kappa shape index (κ1) is 15.4. The van der Waals surface area contributed by atoms with Crippen LogP contribution in [-0.4, -0.2) is 7.11 Å². The summed E-state index contributed by atoms with van der Waals surface area (Å²) in [5.41, 5.74) is 2.88. The summed E-state index contributed by atoms with van der Waals surface area (Å²) in [6, 6.07) is 12.7. The van der Waals surface area contributed by atoms with Gasteiger partial charge in [0.2, 0.25) is 0 Å². The van der Waals surface area contributed by atoms with Crippen LogP contribution in [0.1, 0.15) is 11.1 Å². The van der Waals surface area contributed by atoms with E-state index in [1.54, 1.807) is 13.2 Å². The van der Waals surface area contributed by atoms with Crippen molar-refractivity contribution in [2.24, 2.45) is 0 Å². The van der Waals surface area contributed by atoms with Gasteiger partial charge >= 0.3 is 5.63 Å². The fourth-order valence-corrected chi connectivity index (χ4v) is 2.74. The van der Waals surface area contributed by atoms with E-state index in [9.17, 15) is 4.79 Å². The number of nitrogens with one attached hydrogen (secondary N) is 1. The van der Waals surface area contributed by atoms with Crippen molar-refractivity contribution in [3.63, 3.8) is 0 Å². The van der Waals surface area contributed by atoms with E-state index in [2.05, 4.69) is 5.32 Å². The van der Waals surface area contributed by atoms with Crippen LogP contribution in [0.5, 0.6) is 5.75 Å². The molecule has 0 bridgehead atoms.